The molecular formula is C18H27N7O3. The van der Waals surface area contributed by atoms with Crippen LogP contribution in [0.5, 0.6) is 0 Å². The lowest BCUT2D eigenvalue weighted by molar-refractivity contribution is -0.0906. The first-order valence-corrected chi connectivity index (χ1v) is 9.81. The van der Waals surface area contributed by atoms with Crippen molar-refractivity contribution in [1.82, 2.24) is 29.3 Å². The van der Waals surface area contributed by atoms with Gasteiger partial charge in [0.05, 0.1) is 6.33 Å². The molecule has 2 aromatic rings. The van der Waals surface area contributed by atoms with Crippen LogP contribution in [0.15, 0.2) is 12.7 Å². The quantitative estimate of drug-likeness (QED) is 0.609. The second kappa shape index (κ2) is 6.60. The maximum absolute atomic E-state index is 10.6. The average molecular weight is 389 g/mol. The molecule has 0 radical (unpaired) electrons. The van der Waals surface area contributed by atoms with E-state index in [0.29, 0.717) is 23.1 Å². The van der Waals surface area contributed by atoms with Gasteiger partial charge < -0.3 is 25.6 Å². The summed E-state index contributed by atoms with van der Waals surface area (Å²) in [6.07, 6.45) is 2.09. The van der Waals surface area contributed by atoms with Crippen molar-refractivity contribution in [3.05, 3.63) is 12.7 Å². The Morgan fingerprint density at radius 1 is 1.18 bits per heavy atom. The van der Waals surface area contributed by atoms with Gasteiger partial charge in [-0.05, 0) is 38.4 Å². The second-order valence-electron chi connectivity index (χ2n) is 8.60. The molecule has 0 unspecified atom stereocenters. The number of anilines is 1. The summed E-state index contributed by atoms with van der Waals surface area (Å²) in [6, 6.07) is 0. The van der Waals surface area contributed by atoms with Crippen LogP contribution >= 0.6 is 0 Å². The van der Waals surface area contributed by atoms with E-state index in [1.165, 1.54) is 25.5 Å². The number of rotatable bonds is 3. The lowest BCUT2D eigenvalue weighted by Crippen LogP contribution is -2.61. The fourth-order valence-electron chi connectivity index (χ4n) is 4.86. The Morgan fingerprint density at radius 3 is 2.68 bits per heavy atom. The van der Waals surface area contributed by atoms with Gasteiger partial charge in [-0.25, -0.2) is 15.0 Å². The molecule has 152 valence electrons. The highest BCUT2D eigenvalue weighted by Gasteiger charge is 2.49. The Balaban J connectivity index is 1.26. The molecule has 10 nitrogen and oxygen atoms in total. The van der Waals surface area contributed by atoms with Crippen molar-refractivity contribution < 1.29 is 14.9 Å². The van der Waals surface area contributed by atoms with Crippen molar-refractivity contribution >= 4 is 17.0 Å². The molecule has 5 rings (SSSR count). The Hall–Kier alpha value is -1.85. The fraction of sp³-hybridized carbons (Fsp3) is 0.722. The van der Waals surface area contributed by atoms with Gasteiger partial charge in [-0.15, -0.1) is 0 Å². The first-order chi connectivity index (χ1) is 13.5. The van der Waals surface area contributed by atoms with Crippen LogP contribution in [0.4, 0.5) is 5.82 Å². The molecule has 0 aliphatic carbocycles. The molecule has 0 bridgehead atoms. The van der Waals surface area contributed by atoms with E-state index < -0.39 is 24.5 Å². The first-order valence-electron chi connectivity index (χ1n) is 9.81. The van der Waals surface area contributed by atoms with Gasteiger partial charge in [-0.2, -0.15) is 0 Å². The molecule has 2 aromatic heterocycles. The number of hydrogen-bond donors (Lipinski definition) is 3. The van der Waals surface area contributed by atoms with Crippen molar-refractivity contribution in [2.45, 2.75) is 37.4 Å². The third kappa shape index (κ3) is 2.87. The van der Waals surface area contributed by atoms with Gasteiger partial charge in [0, 0.05) is 19.6 Å². The minimum atomic E-state index is -1.06. The predicted octanol–water partition coefficient (Wildman–Crippen LogP) is -0.945. The van der Waals surface area contributed by atoms with Crippen LogP contribution in [0, 0.1) is 5.41 Å². The van der Waals surface area contributed by atoms with E-state index in [1.54, 1.807) is 4.57 Å². The van der Waals surface area contributed by atoms with Crippen LogP contribution in [0.3, 0.4) is 0 Å². The summed E-state index contributed by atoms with van der Waals surface area (Å²) in [5.74, 6) is 0.275. The molecule has 0 saturated carbocycles. The summed E-state index contributed by atoms with van der Waals surface area (Å²) < 4.78 is 7.67. The number of nitrogens with two attached hydrogens (primary N) is 1. The van der Waals surface area contributed by atoms with Gasteiger partial charge >= 0.3 is 0 Å². The molecular weight excluding hydrogens is 362 g/mol. The number of imidazole rings is 1. The van der Waals surface area contributed by atoms with Crippen LogP contribution in [-0.4, -0.2) is 97.6 Å². The number of aromatic nitrogens is 4. The van der Waals surface area contributed by atoms with Gasteiger partial charge in [-0.3, -0.25) is 9.47 Å². The van der Waals surface area contributed by atoms with E-state index in [0.717, 1.165) is 26.2 Å². The molecule has 4 N–H and O–H groups in total. The van der Waals surface area contributed by atoms with Crippen LogP contribution in [-0.2, 0) is 4.74 Å². The monoisotopic (exact) mass is 389 g/mol. The largest absolute Gasteiger partial charge is 0.387 e. The van der Waals surface area contributed by atoms with Crippen LogP contribution in [0.2, 0.25) is 0 Å². The third-order valence-corrected chi connectivity index (χ3v) is 6.60. The summed E-state index contributed by atoms with van der Waals surface area (Å²) in [6.45, 7) is 4.97. The van der Waals surface area contributed by atoms with Crippen molar-refractivity contribution in [3.8, 4) is 0 Å². The minimum Gasteiger partial charge on any atom is -0.387 e. The molecule has 3 fully saturated rings. The standard InChI is InChI=1S/C18H27N7O3/c1-23-4-2-18(3-5-23)7-24(8-18)6-11-13(26)14(27)17(28-11)25-10-22-12-15(19)20-9-21-16(12)25/h9-11,13-14,17,26-27H,2-8H2,1H3,(H2,19,20,21)/t11-,13-,14-,17-/m1/s1. The number of nitrogen functional groups attached to an aromatic ring is 1. The fourth-order valence-corrected chi connectivity index (χ4v) is 4.86. The predicted molar refractivity (Wildman–Crippen MR) is 101 cm³/mol. The Morgan fingerprint density at radius 2 is 1.93 bits per heavy atom. The normalized spacial score (nSPS) is 33.5. The maximum Gasteiger partial charge on any atom is 0.167 e. The van der Waals surface area contributed by atoms with Gasteiger partial charge in [0.25, 0.3) is 0 Å². The van der Waals surface area contributed by atoms with Gasteiger partial charge in [-0.1, -0.05) is 0 Å². The van der Waals surface area contributed by atoms with Crippen LogP contribution in [0.1, 0.15) is 19.1 Å². The Labute approximate surface area is 162 Å². The summed E-state index contributed by atoms with van der Waals surface area (Å²) in [5.41, 5.74) is 7.20. The number of fused-ring (bicyclic) bond motifs is 1. The van der Waals surface area contributed by atoms with E-state index in [2.05, 4.69) is 31.8 Å². The molecule has 28 heavy (non-hydrogen) atoms. The molecule has 1 spiro atoms. The lowest BCUT2D eigenvalue weighted by Gasteiger charge is -2.54. The summed E-state index contributed by atoms with van der Waals surface area (Å²) in [4.78, 5) is 17.1. The highest BCUT2D eigenvalue weighted by molar-refractivity contribution is 5.81. The highest BCUT2D eigenvalue weighted by atomic mass is 16.6. The number of ether oxygens (including phenoxy) is 1. The topological polar surface area (TPSA) is 126 Å². The lowest BCUT2D eigenvalue weighted by atomic mass is 9.72. The number of nitrogens with zero attached hydrogens (tertiary/aromatic N) is 6. The maximum atomic E-state index is 10.6. The number of aliphatic hydroxyl groups excluding tert-OH is 2. The molecule has 10 heteroatoms. The van der Waals surface area contributed by atoms with E-state index >= 15 is 0 Å². The van der Waals surface area contributed by atoms with Crippen molar-refractivity contribution in [1.29, 1.82) is 0 Å². The van der Waals surface area contributed by atoms with Crippen LogP contribution < -0.4 is 5.73 Å². The second-order valence-corrected chi connectivity index (χ2v) is 8.60. The number of likely N-dealkylation sites (tertiary alicyclic amines) is 2. The van der Waals surface area contributed by atoms with E-state index in [-0.39, 0.29) is 5.82 Å². The molecule has 3 saturated heterocycles. The summed E-state index contributed by atoms with van der Waals surface area (Å²) >= 11 is 0. The molecule has 0 aromatic carbocycles. The van der Waals surface area contributed by atoms with Gasteiger partial charge in [0.2, 0.25) is 0 Å². The zero-order valence-electron chi connectivity index (χ0n) is 16.0. The highest BCUT2D eigenvalue weighted by Crippen LogP contribution is 2.41. The minimum absolute atomic E-state index is 0.275. The van der Waals surface area contributed by atoms with Gasteiger partial charge in [0.1, 0.15) is 30.2 Å². The third-order valence-electron chi connectivity index (χ3n) is 6.60. The number of piperidine rings is 1. The van der Waals surface area contributed by atoms with E-state index in [4.69, 9.17) is 10.5 Å². The molecule has 3 aliphatic rings. The van der Waals surface area contributed by atoms with Crippen LogP contribution in [0.25, 0.3) is 11.2 Å². The van der Waals surface area contributed by atoms with Crippen molar-refractivity contribution in [2.24, 2.45) is 5.41 Å². The average Bonchev–Trinajstić information content (AvgIpc) is 3.20. The Kier molecular flexibility index (Phi) is 4.29. The van der Waals surface area contributed by atoms with Crippen molar-refractivity contribution in [3.63, 3.8) is 0 Å². The zero-order chi connectivity index (χ0) is 19.5. The van der Waals surface area contributed by atoms with Gasteiger partial charge in [0.15, 0.2) is 17.7 Å². The van der Waals surface area contributed by atoms with E-state index in [1.807, 2.05) is 0 Å². The molecule has 0 amide bonds. The molecule has 4 atom stereocenters. The first kappa shape index (κ1) is 18.2. The number of aliphatic hydroxyl groups is 2. The van der Waals surface area contributed by atoms with E-state index in [9.17, 15) is 10.2 Å². The number of hydrogen-bond acceptors (Lipinski definition) is 9. The van der Waals surface area contributed by atoms with Crippen molar-refractivity contribution in [2.75, 3.05) is 45.5 Å². The molecule has 3 aliphatic heterocycles. The SMILES string of the molecule is CN1CCC2(CC1)CN(C[C@H]1O[C@@H](n3cnc4c(N)ncnc43)[C@H](O)[C@@H]1O)C2. The summed E-state index contributed by atoms with van der Waals surface area (Å²) in [5, 5.41) is 21.1. The zero-order valence-corrected chi connectivity index (χ0v) is 16.0. The molecule has 5 heterocycles. The Bertz CT molecular complexity index is 858. The smallest absolute Gasteiger partial charge is 0.167 e. The summed E-state index contributed by atoms with van der Waals surface area (Å²) in [7, 11) is 2.17.